The Morgan fingerprint density at radius 3 is 2.46 bits per heavy atom. The Balaban J connectivity index is 2.32. The molecule has 0 bridgehead atoms. The fraction of sp³-hybridized carbons (Fsp3) is 0.650. The van der Waals surface area contributed by atoms with E-state index < -0.39 is 10.0 Å². The number of carbonyl (C=O) groups is 1. The molecule has 0 spiro atoms. The normalized spacial score (nSPS) is 15.6. The van der Waals surface area contributed by atoms with Crippen LogP contribution in [0.15, 0.2) is 23.1 Å². The Kier molecular flexibility index (Phi) is 8.72. The molecular formula is C20H33N3O4S. The van der Waals surface area contributed by atoms with Crippen LogP contribution >= 0.6 is 0 Å². The molecule has 1 amide bonds. The van der Waals surface area contributed by atoms with Gasteiger partial charge in [-0.05, 0) is 31.0 Å². The van der Waals surface area contributed by atoms with Gasteiger partial charge in [0.2, 0.25) is 10.0 Å². The van der Waals surface area contributed by atoms with Gasteiger partial charge in [-0.3, -0.25) is 4.79 Å². The third-order valence-electron chi connectivity index (χ3n) is 5.14. The van der Waals surface area contributed by atoms with Crippen LogP contribution in [0, 0.1) is 0 Å². The van der Waals surface area contributed by atoms with E-state index in [0.717, 1.165) is 25.7 Å². The lowest BCUT2D eigenvalue weighted by molar-refractivity contribution is 0.0928. The Bertz CT molecular complexity index is 742. The molecule has 0 aliphatic heterocycles. The number of benzene rings is 1. The first kappa shape index (κ1) is 22.6. The zero-order valence-corrected chi connectivity index (χ0v) is 18.0. The Labute approximate surface area is 168 Å². The van der Waals surface area contributed by atoms with Crippen LogP contribution in [0.2, 0.25) is 0 Å². The third kappa shape index (κ3) is 5.68. The van der Waals surface area contributed by atoms with E-state index in [9.17, 15) is 13.2 Å². The molecule has 28 heavy (non-hydrogen) atoms. The van der Waals surface area contributed by atoms with Gasteiger partial charge in [0.05, 0.1) is 17.1 Å². The van der Waals surface area contributed by atoms with Crippen LogP contribution in [-0.2, 0) is 14.8 Å². The number of carbonyl (C=O) groups excluding carboxylic acids is 1. The highest BCUT2D eigenvalue weighted by molar-refractivity contribution is 7.89. The molecular weight excluding hydrogens is 378 g/mol. The lowest BCUT2D eigenvalue weighted by Crippen LogP contribution is -2.37. The van der Waals surface area contributed by atoms with Crippen LogP contribution in [-0.4, -0.2) is 58.0 Å². The van der Waals surface area contributed by atoms with E-state index in [4.69, 9.17) is 4.74 Å². The van der Waals surface area contributed by atoms with Gasteiger partial charge >= 0.3 is 0 Å². The molecule has 1 aliphatic rings. The number of hydrogen-bond donors (Lipinski definition) is 2. The molecule has 0 aromatic heterocycles. The van der Waals surface area contributed by atoms with E-state index in [-0.39, 0.29) is 16.8 Å². The summed E-state index contributed by atoms with van der Waals surface area (Å²) in [6.45, 7) is 5.40. The number of hydrogen-bond acceptors (Lipinski definition) is 5. The van der Waals surface area contributed by atoms with Gasteiger partial charge in [-0.2, -0.15) is 4.31 Å². The zero-order valence-electron chi connectivity index (χ0n) is 17.2. The molecule has 1 aromatic carbocycles. The maximum atomic E-state index is 13.0. The zero-order chi connectivity index (χ0) is 20.6. The summed E-state index contributed by atoms with van der Waals surface area (Å²) >= 11 is 0. The molecule has 0 saturated heterocycles. The van der Waals surface area contributed by atoms with E-state index in [1.54, 1.807) is 33.1 Å². The van der Waals surface area contributed by atoms with Crippen molar-refractivity contribution in [1.29, 1.82) is 0 Å². The van der Waals surface area contributed by atoms with Crippen LogP contribution in [0.3, 0.4) is 0 Å². The van der Waals surface area contributed by atoms with Gasteiger partial charge in [-0.15, -0.1) is 0 Å². The van der Waals surface area contributed by atoms with E-state index in [1.165, 1.54) is 16.8 Å². The Morgan fingerprint density at radius 2 is 1.86 bits per heavy atom. The largest absolute Gasteiger partial charge is 0.383 e. The molecule has 1 saturated carbocycles. The topological polar surface area (TPSA) is 87.7 Å². The maximum Gasteiger partial charge on any atom is 0.253 e. The Hall–Kier alpha value is -1.64. The number of ether oxygens (including phenoxy) is 1. The lowest BCUT2D eigenvalue weighted by Gasteiger charge is -2.24. The number of nitrogens with one attached hydrogen (secondary N) is 2. The summed E-state index contributed by atoms with van der Waals surface area (Å²) in [6.07, 6.45) is 5.36. The summed E-state index contributed by atoms with van der Waals surface area (Å²) < 4.78 is 32.2. The minimum atomic E-state index is -3.63. The summed E-state index contributed by atoms with van der Waals surface area (Å²) in [5.41, 5.74) is 0.971. The fourth-order valence-corrected chi connectivity index (χ4v) is 5.02. The molecule has 0 atom stereocenters. The lowest BCUT2D eigenvalue weighted by atomic mass is 9.95. The molecule has 0 heterocycles. The first-order valence-corrected chi connectivity index (χ1v) is 11.6. The quantitative estimate of drug-likeness (QED) is 0.578. The first-order valence-electron chi connectivity index (χ1n) is 10.1. The summed E-state index contributed by atoms with van der Waals surface area (Å²) in [5, 5.41) is 6.26. The standard InChI is InChI=1S/C20H33N3O4S/c1-4-23(5-2)28(25,26)17-11-12-19(21-13-14-27-3)18(15-17)20(24)22-16-9-7-6-8-10-16/h11-12,15-16,21H,4-10,13-14H2,1-3H3,(H,22,24). The van der Waals surface area contributed by atoms with Crippen molar-refractivity contribution in [2.45, 2.75) is 56.9 Å². The van der Waals surface area contributed by atoms with Crippen LogP contribution in [0.4, 0.5) is 5.69 Å². The summed E-state index contributed by atoms with van der Waals surface area (Å²) in [6, 6.07) is 4.86. The number of nitrogens with zero attached hydrogens (tertiary/aromatic N) is 1. The molecule has 1 aliphatic carbocycles. The van der Waals surface area contributed by atoms with Crippen LogP contribution in [0.5, 0.6) is 0 Å². The predicted octanol–water partition coefficient (Wildman–Crippen LogP) is 2.84. The number of sulfonamides is 1. The third-order valence-corrected chi connectivity index (χ3v) is 7.19. The number of amides is 1. The van der Waals surface area contributed by atoms with E-state index >= 15 is 0 Å². The van der Waals surface area contributed by atoms with Crippen LogP contribution in [0.1, 0.15) is 56.3 Å². The van der Waals surface area contributed by atoms with Gasteiger partial charge in [0.15, 0.2) is 0 Å². The van der Waals surface area contributed by atoms with Crippen molar-refractivity contribution < 1.29 is 17.9 Å². The SMILES string of the molecule is CCN(CC)S(=O)(=O)c1ccc(NCCOC)c(C(=O)NC2CCCCC2)c1. The van der Waals surface area contributed by atoms with Crippen molar-refractivity contribution in [3.63, 3.8) is 0 Å². The minimum absolute atomic E-state index is 0.141. The van der Waals surface area contributed by atoms with Gasteiger partial charge in [0, 0.05) is 38.5 Å². The highest BCUT2D eigenvalue weighted by atomic mass is 32.2. The molecule has 8 heteroatoms. The molecule has 2 rings (SSSR count). The van der Waals surface area contributed by atoms with Crippen LogP contribution < -0.4 is 10.6 Å². The van der Waals surface area contributed by atoms with Gasteiger partial charge in [-0.1, -0.05) is 33.1 Å². The van der Waals surface area contributed by atoms with E-state index in [2.05, 4.69) is 10.6 Å². The summed E-state index contributed by atoms with van der Waals surface area (Å²) in [7, 11) is -2.02. The average molecular weight is 412 g/mol. The monoisotopic (exact) mass is 411 g/mol. The van der Waals surface area contributed by atoms with E-state index in [0.29, 0.717) is 37.5 Å². The second-order valence-electron chi connectivity index (χ2n) is 7.02. The van der Waals surface area contributed by atoms with Gasteiger partial charge in [0.1, 0.15) is 0 Å². The summed E-state index contributed by atoms with van der Waals surface area (Å²) in [5.74, 6) is -0.233. The molecule has 7 nitrogen and oxygen atoms in total. The van der Waals surface area contributed by atoms with Crippen molar-refractivity contribution in [3.05, 3.63) is 23.8 Å². The van der Waals surface area contributed by atoms with Crippen molar-refractivity contribution in [1.82, 2.24) is 9.62 Å². The predicted molar refractivity (Wildman–Crippen MR) is 111 cm³/mol. The van der Waals surface area contributed by atoms with Crippen molar-refractivity contribution in [2.24, 2.45) is 0 Å². The molecule has 2 N–H and O–H groups in total. The minimum Gasteiger partial charge on any atom is -0.383 e. The van der Waals surface area contributed by atoms with Gasteiger partial charge < -0.3 is 15.4 Å². The molecule has 0 unspecified atom stereocenters. The van der Waals surface area contributed by atoms with E-state index in [1.807, 2.05) is 0 Å². The molecule has 0 radical (unpaired) electrons. The van der Waals surface area contributed by atoms with Gasteiger partial charge in [0.25, 0.3) is 5.91 Å². The average Bonchev–Trinajstić information content (AvgIpc) is 2.69. The molecule has 1 fully saturated rings. The highest BCUT2D eigenvalue weighted by Crippen LogP contribution is 2.24. The second kappa shape index (κ2) is 10.8. The smallest absolute Gasteiger partial charge is 0.253 e. The van der Waals surface area contributed by atoms with Crippen molar-refractivity contribution in [2.75, 3.05) is 38.7 Å². The van der Waals surface area contributed by atoms with Gasteiger partial charge in [-0.25, -0.2) is 8.42 Å². The Morgan fingerprint density at radius 1 is 1.18 bits per heavy atom. The second-order valence-corrected chi connectivity index (χ2v) is 8.96. The number of rotatable bonds is 10. The fourth-order valence-electron chi connectivity index (χ4n) is 3.54. The van der Waals surface area contributed by atoms with Crippen LogP contribution in [0.25, 0.3) is 0 Å². The van der Waals surface area contributed by atoms with Crippen molar-refractivity contribution >= 4 is 21.6 Å². The molecule has 158 valence electrons. The summed E-state index contributed by atoms with van der Waals surface area (Å²) in [4.78, 5) is 13.1. The maximum absolute atomic E-state index is 13.0. The highest BCUT2D eigenvalue weighted by Gasteiger charge is 2.25. The number of methoxy groups -OCH3 is 1. The van der Waals surface area contributed by atoms with Crippen molar-refractivity contribution in [3.8, 4) is 0 Å². The number of anilines is 1. The molecule has 1 aromatic rings. The first-order chi connectivity index (χ1) is 13.4.